The predicted molar refractivity (Wildman–Crippen MR) is 64.3 cm³/mol. The van der Waals surface area contributed by atoms with Gasteiger partial charge in [-0.1, -0.05) is 0 Å². The van der Waals surface area contributed by atoms with Gasteiger partial charge in [-0.2, -0.15) is 0 Å². The zero-order valence-corrected chi connectivity index (χ0v) is 10.0. The molecule has 0 radical (unpaired) electrons. The Balaban J connectivity index is 2.28. The molecule has 0 saturated carbocycles. The van der Waals surface area contributed by atoms with Gasteiger partial charge in [0.25, 0.3) is 0 Å². The lowest BCUT2D eigenvalue weighted by Gasteiger charge is -2.14. The molecule has 0 aliphatic carbocycles. The molecule has 1 aromatic carbocycles. The standard InChI is InChI=1S/C14H13F2NO/c1-8-5-10(13-3-2-4-18-13)11-6-9(15)7-12(16)14(11)17-8/h5-7,13H,2-4H2,1H3. The molecule has 1 saturated heterocycles. The molecule has 0 spiro atoms. The van der Waals surface area contributed by atoms with E-state index in [0.29, 0.717) is 12.0 Å². The smallest absolute Gasteiger partial charge is 0.152 e. The third kappa shape index (κ3) is 1.86. The number of pyridine rings is 1. The number of aryl methyl sites for hydroxylation is 1. The van der Waals surface area contributed by atoms with Gasteiger partial charge in [0.1, 0.15) is 11.3 Å². The minimum Gasteiger partial charge on any atom is -0.374 e. The second-order valence-corrected chi connectivity index (χ2v) is 4.64. The number of rotatable bonds is 1. The van der Waals surface area contributed by atoms with Crippen molar-refractivity contribution < 1.29 is 13.5 Å². The first-order valence-corrected chi connectivity index (χ1v) is 6.03. The first-order valence-electron chi connectivity index (χ1n) is 6.03. The van der Waals surface area contributed by atoms with E-state index >= 15 is 0 Å². The highest BCUT2D eigenvalue weighted by molar-refractivity contribution is 5.83. The third-order valence-electron chi connectivity index (χ3n) is 3.27. The van der Waals surface area contributed by atoms with Crippen LogP contribution >= 0.6 is 0 Å². The number of nitrogens with zero attached hydrogens (tertiary/aromatic N) is 1. The van der Waals surface area contributed by atoms with Crippen LogP contribution in [0.1, 0.15) is 30.2 Å². The van der Waals surface area contributed by atoms with E-state index in [2.05, 4.69) is 4.98 Å². The first-order chi connectivity index (χ1) is 8.65. The van der Waals surface area contributed by atoms with Gasteiger partial charge in [0.15, 0.2) is 5.82 Å². The summed E-state index contributed by atoms with van der Waals surface area (Å²) in [4.78, 5) is 4.15. The monoisotopic (exact) mass is 249 g/mol. The van der Waals surface area contributed by atoms with E-state index in [0.717, 1.165) is 30.2 Å². The van der Waals surface area contributed by atoms with E-state index < -0.39 is 11.6 Å². The van der Waals surface area contributed by atoms with Crippen LogP contribution in [0, 0.1) is 18.6 Å². The SMILES string of the molecule is Cc1cc(C2CCCO2)c2cc(F)cc(F)c2n1. The van der Waals surface area contributed by atoms with Crippen LogP contribution in [-0.2, 0) is 4.74 Å². The number of fused-ring (bicyclic) bond motifs is 1. The van der Waals surface area contributed by atoms with Crippen LogP contribution in [0.2, 0.25) is 0 Å². The maximum absolute atomic E-state index is 13.8. The van der Waals surface area contributed by atoms with Crippen LogP contribution in [0.5, 0.6) is 0 Å². The Labute approximate surface area is 104 Å². The Hall–Kier alpha value is -1.55. The quantitative estimate of drug-likeness (QED) is 0.769. The van der Waals surface area contributed by atoms with Crippen LogP contribution < -0.4 is 0 Å². The molecule has 2 nitrogen and oxygen atoms in total. The fourth-order valence-electron chi connectivity index (χ4n) is 2.50. The van der Waals surface area contributed by atoms with Crippen LogP contribution in [0.15, 0.2) is 18.2 Å². The number of aromatic nitrogens is 1. The van der Waals surface area contributed by atoms with Crippen LogP contribution in [0.25, 0.3) is 10.9 Å². The molecule has 0 N–H and O–H groups in total. The molecule has 0 amide bonds. The maximum atomic E-state index is 13.8. The molecule has 2 heterocycles. The zero-order valence-electron chi connectivity index (χ0n) is 10.0. The molecular weight excluding hydrogens is 236 g/mol. The van der Waals surface area contributed by atoms with Crippen LogP contribution in [-0.4, -0.2) is 11.6 Å². The van der Waals surface area contributed by atoms with Crippen molar-refractivity contribution in [3.63, 3.8) is 0 Å². The van der Waals surface area contributed by atoms with Gasteiger partial charge in [0.2, 0.25) is 0 Å². The lowest BCUT2D eigenvalue weighted by molar-refractivity contribution is 0.113. The summed E-state index contributed by atoms with van der Waals surface area (Å²) in [6.07, 6.45) is 1.79. The van der Waals surface area contributed by atoms with Gasteiger partial charge in [0, 0.05) is 23.8 Å². The average Bonchev–Trinajstić information content (AvgIpc) is 2.83. The fraction of sp³-hybridized carbons (Fsp3) is 0.357. The third-order valence-corrected chi connectivity index (χ3v) is 3.27. The van der Waals surface area contributed by atoms with Crippen molar-refractivity contribution >= 4 is 10.9 Å². The van der Waals surface area contributed by atoms with E-state index in [1.807, 2.05) is 6.07 Å². The molecule has 1 atom stereocenters. The summed E-state index contributed by atoms with van der Waals surface area (Å²) in [5.41, 5.74) is 1.79. The van der Waals surface area contributed by atoms with Crippen molar-refractivity contribution in [3.05, 3.63) is 41.1 Å². The summed E-state index contributed by atoms with van der Waals surface area (Å²) in [5.74, 6) is -1.20. The number of ether oxygens (including phenoxy) is 1. The highest BCUT2D eigenvalue weighted by Crippen LogP contribution is 2.34. The molecule has 1 aromatic heterocycles. The first kappa shape index (κ1) is 11.5. The van der Waals surface area contributed by atoms with Crippen molar-refractivity contribution in [1.29, 1.82) is 0 Å². The van der Waals surface area contributed by atoms with E-state index in [-0.39, 0.29) is 11.6 Å². The molecule has 3 rings (SSSR count). The summed E-state index contributed by atoms with van der Waals surface area (Å²) in [6, 6.07) is 4.06. The summed E-state index contributed by atoms with van der Waals surface area (Å²) < 4.78 is 32.7. The topological polar surface area (TPSA) is 22.1 Å². The summed E-state index contributed by atoms with van der Waals surface area (Å²) in [7, 11) is 0. The Bertz CT molecular complexity index is 606. The second-order valence-electron chi connectivity index (χ2n) is 4.64. The van der Waals surface area contributed by atoms with Crippen molar-refractivity contribution in [2.75, 3.05) is 6.61 Å². The average molecular weight is 249 g/mol. The van der Waals surface area contributed by atoms with E-state index in [4.69, 9.17) is 4.74 Å². The van der Waals surface area contributed by atoms with Crippen LogP contribution in [0.3, 0.4) is 0 Å². The number of hydrogen-bond acceptors (Lipinski definition) is 2. The predicted octanol–water partition coefficient (Wildman–Crippen LogP) is 3.67. The van der Waals surface area contributed by atoms with E-state index in [1.165, 1.54) is 6.07 Å². The van der Waals surface area contributed by atoms with Gasteiger partial charge in [-0.05, 0) is 37.5 Å². The molecule has 1 fully saturated rings. The highest BCUT2D eigenvalue weighted by atomic mass is 19.1. The minimum absolute atomic E-state index is 0.0737. The molecule has 18 heavy (non-hydrogen) atoms. The van der Waals surface area contributed by atoms with Crippen molar-refractivity contribution in [2.24, 2.45) is 0 Å². The Kier molecular flexibility index (Phi) is 2.74. The van der Waals surface area contributed by atoms with E-state index in [1.54, 1.807) is 6.92 Å². The van der Waals surface area contributed by atoms with Gasteiger partial charge in [-0.15, -0.1) is 0 Å². The van der Waals surface area contributed by atoms with Crippen molar-refractivity contribution in [1.82, 2.24) is 4.98 Å². The Morgan fingerprint density at radius 2 is 2.11 bits per heavy atom. The highest BCUT2D eigenvalue weighted by Gasteiger charge is 2.22. The van der Waals surface area contributed by atoms with Gasteiger partial charge in [0.05, 0.1) is 6.10 Å². The van der Waals surface area contributed by atoms with Gasteiger partial charge >= 0.3 is 0 Å². The molecule has 1 aliphatic rings. The Morgan fingerprint density at radius 3 is 2.83 bits per heavy atom. The molecule has 4 heteroatoms. The second kappa shape index (κ2) is 4.28. The minimum atomic E-state index is -0.618. The van der Waals surface area contributed by atoms with Crippen LogP contribution in [0.4, 0.5) is 8.78 Å². The molecule has 0 bridgehead atoms. The molecular formula is C14H13F2NO. The number of hydrogen-bond donors (Lipinski definition) is 0. The lowest BCUT2D eigenvalue weighted by Crippen LogP contribution is -2.01. The van der Waals surface area contributed by atoms with Gasteiger partial charge < -0.3 is 4.74 Å². The molecule has 1 aliphatic heterocycles. The zero-order chi connectivity index (χ0) is 12.7. The van der Waals surface area contributed by atoms with Gasteiger partial charge in [-0.25, -0.2) is 8.78 Å². The van der Waals surface area contributed by atoms with Crippen molar-refractivity contribution in [3.8, 4) is 0 Å². The van der Waals surface area contributed by atoms with E-state index in [9.17, 15) is 8.78 Å². The maximum Gasteiger partial charge on any atom is 0.152 e. The number of benzene rings is 1. The largest absolute Gasteiger partial charge is 0.374 e. The summed E-state index contributed by atoms with van der Waals surface area (Å²) >= 11 is 0. The molecule has 94 valence electrons. The molecule has 2 aromatic rings. The lowest BCUT2D eigenvalue weighted by atomic mass is 10.0. The molecule has 1 unspecified atom stereocenters. The van der Waals surface area contributed by atoms with Crippen molar-refractivity contribution in [2.45, 2.75) is 25.9 Å². The fourth-order valence-corrected chi connectivity index (χ4v) is 2.50. The summed E-state index contributed by atoms with van der Waals surface area (Å²) in [6.45, 7) is 2.51. The summed E-state index contributed by atoms with van der Waals surface area (Å²) in [5, 5.41) is 0.519. The Morgan fingerprint density at radius 1 is 1.28 bits per heavy atom. The van der Waals surface area contributed by atoms with Gasteiger partial charge in [-0.3, -0.25) is 4.98 Å². The number of halogens is 2. The normalized spacial score (nSPS) is 19.6.